The number of halogens is 3. The molecule has 32 heavy (non-hydrogen) atoms. The van der Waals surface area contributed by atoms with Crippen LogP contribution in [-0.4, -0.2) is 35.6 Å². The van der Waals surface area contributed by atoms with Crippen LogP contribution in [0.5, 0.6) is 0 Å². The number of alkyl halides is 3. The zero-order valence-electron chi connectivity index (χ0n) is 17.0. The lowest BCUT2D eigenvalue weighted by molar-refractivity contribution is -0.138. The first-order valence-corrected chi connectivity index (χ1v) is 11.4. The van der Waals surface area contributed by atoms with Gasteiger partial charge in [0, 0.05) is 18.2 Å². The van der Waals surface area contributed by atoms with Crippen molar-refractivity contribution in [3.05, 3.63) is 47.7 Å². The maximum absolute atomic E-state index is 13.1. The Morgan fingerprint density at radius 3 is 2.38 bits per heavy atom. The monoisotopic (exact) mass is 466 g/mol. The van der Waals surface area contributed by atoms with Crippen molar-refractivity contribution in [2.45, 2.75) is 49.3 Å². The number of nitrogens with one attached hydrogen (secondary N) is 2. The fourth-order valence-electron chi connectivity index (χ4n) is 3.08. The molecule has 0 amide bonds. The molecule has 4 rings (SSSR count). The van der Waals surface area contributed by atoms with Crippen molar-refractivity contribution >= 4 is 32.8 Å². The molecule has 1 fully saturated rings. The van der Waals surface area contributed by atoms with Crippen LogP contribution in [0.1, 0.15) is 36.9 Å². The Morgan fingerprint density at radius 2 is 1.78 bits per heavy atom. The van der Waals surface area contributed by atoms with E-state index in [2.05, 4.69) is 25.6 Å². The highest BCUT2D eigenvalue weighted by Gasteiger charge is 2.36. The SMILES string of the molecule is C[C@H](Nc1nc(NCc2ccc(S(N)(=O)=O)cc2)nc2ccc(C3CC3)nc12)C(F)(F)F. The Kier molecular flexibility index (Phi) is 5.67. The van der Waals surface area contributed by atoms with Gasteiger partial charge in [0.15, 0.2) is 5.82 Å². The second-order valence-electron chi connectivity index (χ2n) is 7.72. The minimum Gasteiger partial charge on any atom is -0.357 e. The van der Waals surface area contributed by atoms with Crippen molar-refractivity contribution in [3.8, 4) is 0 Å². The van der Waals surface area contributed by atoms with Gasteiger partial charge in [0.05, 0.1) is 10.4 Å². The highest BCUT2D eigenvalue weighted by Crippen LogP contribution is 2.40. The number of anilines is 2. The lowest BCUT2D eigenvalue weighted by Gasteiger charge is -2.19. The summed E-state index contributed by atoms with van der Waals surface area (Å²) in [7, 11) is -3.80. The zero-order valence-corrected chi connectivity index (χ0v) is 17.8. The summed E-state index contributed by atoms with van der Waals surface area (Å²) in [5.41, 5.74) is 2.22. The maximum atomic E-state index is 13.1. The number of primary sulfonamides is 1. The first kappa shape index (κ1) is 22.2. The summed E-state index contributed by atoms with van der Waals surface area (Å²) in [6.45, 7) is 1.23. The van der Waals surface area contributed by atoms with E-state index >= 15 is 0 Å². The molecule has 0 bridgehead atoms. The van der Waals surface area contributed by atoms with E-state index < -0.39 is 22.2 Å². The molecular weight excluding hydrogens is 445 g/mol. The molecule has 1 aromatic carbocycles. The molecule has 0 saturated heterocycles. The van der Waals surface area contributed by atoms with Crippen molar-refractivity contribution in [1.82, 2.24) is 15.0 Å². The van der Waals surface area contributed by atoms with Crippen LogP contribution in [-0.2, 0) is 16.6 Å². The third-order valence-electron chi connectivity index (χ3n) is 5.11. The molecule has 1 saturated carbocycles. The summed E-state index contributed by atoms with van der Waals surface area (Å²) in [6.07, 6.45) is -2.44. The average molecular weight is 466 g/mol. The van der Waals surface area contributed by atoms with Gasteiger partial charge >= 0.3 is 6.18 Å². The van der Waals surface area contributed by atoms with E-state index in [9.17, 15) is 21.6 Å². The van der Waals surface area contributed by atoms with Gasteiger partial charge in [-0.1, -0.05) is 12.1 Å². The van der Waals surface area contributed by atoms with Gasteiger partial charge in [-0.25, -0.2) is 23.5 Å². The third-order valence-corrected chi connectivity index (χ3v) is 6.04. The number of sulfonamides is 1. The van der Waals surface area contributed by atoms with Crippen LogP contribution in [0.4, 0.5) is 24.9 Å². The molecule has 8 nitrogen and oxygen atoms in total. The first-order chi connectivity index (χ1) is 15.0. The summed E-state index contributed by atoms with van der Waals surface area (Å²) in [5, 5.41) is 10.5. The first-order valence-electron chi connectivity index (χ1n) is 9.88. The van der Waals surface area contributed by atoms with Gasteiger partial charge in [-0.15, -0.1) is 0 Å². The number of hydrogen-bond donors (Lipinski definition) is 3. The fraction of sp³-hybridized carbons (Fsp3) is 0.350. The van der Waals surface area contributed by atoms with Crippen molar-refractivity contribution in [2.24, 2.45) is 5.14 Å². The fourth-order valence-corrected chi connectivity index (χ4v) is 3.60. The molecule has 2 aromatic heterocycles. The summed E-state index contributed by atoms with van der Waals surface area (Å²) in [6, 6.07) is 7.62. The van der Waals surface area contributed by atoms with E-state index in [0.717, 1.165) is 25.5 Å². The molecule has 3 aromatic rings. The van der Waals surface area contributed by atoms with Gasteiger partial charge in [0.25, 0.3) is 0 Å². The molecular formula is C20H21F3N6O2S. The van der Waals surface area contributed by atoms with Crippen molar-refractivity contribution in [1.29, 1.82) is 0 Å². The third kappa shape index (κ3) is 5.07. The van der Waals surface area contributed by atoms with Gasteiger partial charge in [-0.05, 0) is 49.6 Å². The van der Waals surface area contributed by atoms with Gasteiger partial charge < -0.3 is 10.6 Å². The van der Waals surface area contributed by atoms with Crippen LogP contribution in [0.2, 0.25) is 0 Å². The van der Waals surface area contributed by atoms with Gasteiger partial charge in [0.2, 0.25) is 16.0 Å². The maximum Gasteiger partial charge on any atom is 0.408 e. The predicted molar refractivity (Wildman–Crippen MR) is 114 cm³/mol. The Morgan fingerprint density at radius 1 is 1.09 bits per heavy atom. The topological polar surface area (TPSA) is 123 Å². The van der Waals surface area contributed by atoms with Crippen LogP contribution in [0.25, 0.3) is 11.0 Å². The Hall–Kier alpha value is -2.99. The van der Waals surface area contributed by atoms with E-state index in [1.54, 1.807) is 18.2 Å². The minimum atomic E-state index is -4.45. The summed E-state index contributed by atoms with van der Waals surface area (Å²) < 4.78 is 62.2. The van der Waals surface area contributed by atoms with E-state index in [1.165, 1.54) is 12.1 Å². The standard InChI is InChI=1S/C20H21F3N6O2S/c1-11(20(21,22)23)26-18-17-16(9-8-15(27-17)13-4-5-13)28-19(29-18)25-10-12-2-6-14(7-3-12)32(24,30)31/h2-3,6-9,11,13H,4-5,10H2,1H3,(H2,24,30,31)(H2,25,26,28,29)/t11-/m0/s1. The van der Waals surface area contributed by atoms with E-state index in [0.29, 0.717) is 17.0 Å². The quantitative estimate of drug-likeness (QED) is 0.487. The number of benzene rings is 1. The van der Waals surface area contributed by atoms with Crippen LogP contribution in [0, 0.1) is 0 Å². The van der Waals surface area contributed by atoms with E-state index in [-0.39, 0.29) is 28.7 Å². The zero-order chi connectivity index (χ0) is 23.1. The van der Waals surface area contributed by atoms with Gasteiger partial charge in [0.1, 0.15) is 11.6 Å². The Labute approximate surface area is 182 Å². The summed E-state index contributed by atoms with van der Waals surface area (Å²) >= 11 is 0. The molecule has 1 aliphatic carbocycles. The normalized spacial score (nSPS) is 15.5. The molecule has 2 heterocycles. The van der Waals surface area contributed by atoms with Crippen molar-refractivity contribution in [2.75, 3.05) is 10.6 Å². The number of nitrogens with two attached hydrogens (primary N) is 1. The summed E-state index contributed by atoms with van der Waals surface area (Å²) in [4.78, 5) is 13.1. The molecule has 0 spiro atoms. The molecule has 0 unspecified atom stereocenters. The number of hydrogen-bond acceptors (Lipinski definition) is 7. The largest absolute Gasteiger partial charge is 0.408 e. The highest BCUT2D eigenvalue weighted by molar-refractivity contribution is 7.89. The molecule has 0 aliphatic heterocycles. The Bertz CT molecular complexity index is 1240. The van der Waals surface area contributed by atoms with Crippen molar-refractivity contribution in [3.63, 3.8) is 0 Å². The van der Waals surface area contributed by atoms with E-state index in [1.807, 2.05) is 6.07 Å². The van der Waals surface area contributed by atoms with Gasteiger partial charge in [-0.3, -0.25) is 0 Å². The molecule has 170 valence electrons. The van der Waals surface area contributed by atoms with Crippen LogP contribution < -0.4 is 15.8 Å². The predicted octanol–water partition coefficient (Wildman–Crippen LogP) is 3.52. The number of aromatic nitrogens is 3. The second-order valence-corrected chi connectivity index (χ2v) is 9.29. The minimum absolute atomic E-state index is 0.00519. The van der Waals surface area contributed by atoms with Crippen LogP contribution >= 0.6 is 0 Å². The van der Waals surface area contributed by atoms with Crippen LogP contribution in [0.3, 0.4) is 0 Å². The number of pyridine rings is 1. The summed E-state index contributed by atoms with van der Waals surface area (Å²) in [5.74, 6) is 0.436. The molecule has 0 radical (unpaired) electrons. The lowest BCUT2D eigenvalue weighted by atomic mass is 10.2. The van der Waals surface area contributed by atoms with Crippen molar-refractivity contribution < 1.29 is 21.6 Å². The number of rotatable bonds is 7. The molecule has 4 N–H and O–H groups in total. The molecule has 1 atom stereocenters. The highest BCUT2D eigenvalue weighted by atomic mass is 32.2. The number of fused-ring (bicyclic) bond motifs is 1. The van der Waals surface area contributed by atoms with Crippen LogP contribution in [0.15, 0.2) is 41.3 Å². The average Bonchev–Trinajstić information content (AvgIpc) is 3.56. The smallest absolute Gasteiger partial charge is 0.357 e. The molecule has 12 heteroatoms. The molecule has 1 aliphatic rings. The van der Waals surface area contributed by atoms with E-state index in [4.69, 9.17) is 5.14 Å². The second kappa shape index (κ2) is 8.17. The lowest BCUT2D eigenvalue weighted by Crippen LogP contribution is -2.33. The Balaban J connectivity index is 1.62. The number of nitrogens with zero attached hydrogens (tertiary/aromatic N) is 3. The van der Waals surface area contributed by atoms with Gasteiger partial charge in [-0.2, -0.15) is 18.2 Å².